The van der Waals surface area contributed by atoms with Crippen LogP contribution in [0.2, 0.25) is 5.02 Å². The highest BCUT2D eigenvalue weighted by atomic mass is 35.5. The number of fused-ring (bicyclic) bond motifs is 1. The van der Waals surface area contributed by atoms with E-state index in [1.54, 1.807) is 36.1 Å². The van der Waals surface area contributed by atoms with Crippen molar-refractivity contribution in [1.29, 1.82) is 0 Å². The number of hydrogen-bond donors (Lipinski definition) is 1. The molecule has 3 aromatic rings. The summed E-state index contributed by atoms with van der Waals surface area (Å²) in [6, 6.07) is 13.5. The van der Waals surface area contributed by atoms with Crippen molar-refractivity contribution in [3.05, 3.63) is 74.4 Å². The molecular weight excluding hydrogens is 392 g/mol. The lowest BCUT2D eigenvalue weighted by molar-refractivity contribution is -0.134. The summed E-state index contributed by atoms with van der Waals surface area (Å²) in [5, 5.41) is 1.06. The number of halogens is 1. The van der Waals surface area contributed by atoms with Crippen LogP contribution in [0.3, 0.4) is 0 Å². The van der Waals surface area contributed by atoms with Gasteiger partial charge in [-0.1, -0.05) is 29.8 Å². The smallest absolute Gasteiger partial charge is 0.329 e. The summed E-state index contributed by atoms with van der Waals surface area (Å²) in [4.78, 5) is 44.8. The summed E-state index contributed by atoms with van der Waals surface area (Å²) < 4.78 is 1.01. The molecule has 1 amide bonds. The largest absolute Gasteiger partial charge is 0.368 e. The summed E-state index contributed by atoms with van der Waals surface area (Å²) in [5.74, 6) is -0.237. The Hall–Kier alpha value is -3.06. The van der Waals surface area contributed by atoms with Gasteiger partial charge in [-0.3, -0.25) is 9.59 Å². The van der Waals surface area contributed by atoms with Crippen molar-refractivity contribution in [2.45, 2.75) is 13.0 Å². The Kier molecular flexibility index (Phi) is 5.15. The van der Waals surface area contributed by atoms with E-state index in [1.165, 1.54) is 0 Å². The molecule has 1 atom stereocenters. The lowest BCUT2D eigenvalue weighted by atomic mass is 10.2. The zero-order valence-electron chi connectivity index (χ0n) is 16.0. The molecule has 0 bridgehead atoms. The highest BCUT2D eigenvalue weighted by molar-refractivity contribution is 6.30. The van der Waals surface area contributed by atoms with Crippen molar-refractivity contribution >= 4 is 34.1 Å². The molecule has 7 nitrogen and oxygen atoms in total. The highest BCUT2D eigenvalue weighted by Gasteiger charge is 2.28. The Morgan fingerprint density at radius 2 is 1.76 bits per heavy atom. The van der Waals surface area contributed by atoms with E-state index in [0.717, 1.165) is 10.3 Å². The number of nitrogens with one attached hydrogen (secondary N) is 1. The maximum absolute atomic E-state index is 13.0. The van der Waals surface area contributed by atoms with E-state index in [1.807, 2.05) is 24.3 Å². The fraction of sp³-hybridized carbons (Fsp3) is 0.286. The van der Waals surface area contributed by atoms with Crippen LogP contribution in [0.1, 0.15) is 13.0 Å². The molecular formula is C21H21ClN4O3. The van der Waals surface area contributed by atoms with Crippen molar-refractivity contribution in [2.75, 3.05) is 31.1 Å². The topological polar surface area (TPSA) is 78.4 Å². The minimum Gasteiger partial charge on any atom is -0.368 e. The number of carbonyl (C=O) groups is 1. The zero-order valence-corrected chi connectivity index (χ0v) is 16.7. The minimum atomic E-state index is -0.881. The zero-order chi connectivity index (χ0) is 20.5. The predicted octanol–water partition coefficient (Wildman–Crippen LogP) is 2.25. The molecule has 1 unspecified atom stereocenters. The van der Waals surface area contributed by atoms with Gasteiger partial charge in [-0.15, -0.1) is 0 Å². The molecule has 0 radical (unpaired) electrons. The van der Waals surface area contributed by atoms with E-state index in [0.29, 0.717) is 42.1 Å². The standard InChI is InChI=1S/C21H21ClN4O3/c1-14(26-20(28)17-7-2-3-8-18(17)23-21(26)29)19(27)25-11-9-24(10-12-25)16-6-4-5-15(22)13-16/h2-8,13-14H,9-12H2,1H3,(H,23,29). The van der Waals surface area contributed by atoms with Gasteiger partial charge >= 0.3 is 5.69 Å². The normalized spacial score (nSPS) is 15.5. The number of H-pyrrole nitrogens is 1. The van der Waals surface area contributed by atoms with Crippen LogP contribution >= 0.6 is 11.6 Å². The average molecular weight is 413 g/mol. The summed E-state index contributed by atoms with van der Waals surface area (Å²) in [7, 11) is 0. The molecule has 150 valence electrons. The number of hydrogen-bond acceptors (Lipinski definition) is 4. The first-order chi connectivity index (χ1) is 14.0. The maximum Gasteiger partial charge on any atom is 0.329 e. The molecule has 1 N–H and O–H groups in total. The fourth-order valence-electron chi connectivity index (χ4n) is 3.76. The third kappa shape index (κ3) is 3.65. The van der Waals surface area contributed by atoms with Crippen LogP contribution in [-0.2, 0) is 4.79 Å². The number of benzene rings is 2. The third-order valence-electron chi connectivity index (χ3n) is 5.35. The van der Waals surface area contributed by atoms with Gasteiger partial charge < -0.3 is 14.8 Å². The predicted molar refractivity (Wildman–Crippen MR) is 114 cm³/mol. The number of nitrogens with zero attached hydrogens (tertiary/aromatic N) is 3. The van der Waals surface area contributed by atoms with Crippen LogP contribution < -0.4 is 16.1 Å². The number of aromatic nitrogens is 2. The van der Waals surface area contributed by atoms with Gasteiger partial charge in [0.15, 0.2) is 0 Å². The van der Waals surface area contributed by atoms with Gasteiger partial charge in [-0.05, 0) is 37.3 Å². The Bertz CT molecular complexity index is 1180. The van der Waals surface area contributed by atoms with Crippen molar-refractivity contribution in [1.82, 2.24) is 14.5 Å². The van der Waals surface area contributed by atoms with E-state index in [2.05, 4.69) is 9.88 Å². The van der Waals surface area contributed by atoms with Gasteiger partial charge in [0, 0.05) is 36.9 Å². The van der Waals surface area contributed by atoms with E-state index >= 15 is 0 Å². The first kappa shape index (κ1) is 19.3. The van der Waals surface area contributed by atoms with Gasteiger partial charge in [0.05, 0.1) is 10.9 Å². The van der Waals surface area contributed by atoms with Crippen LogP contribution in [0.5, 0.6) is 0 Å². The van der Waals surface area contributed by atoms with Crippen molar-refractivity contribution < 1.29 is 4.79 Å². The summed E-state index contributed by atoms with van der Waals surface area (Å²) in [6.07, 6.45) is 0. The summed E-state index contributed by atoms with van der Waals surface area (Å²) in [6.45, 7) is 3.92. The molecule has 1 saturated heterocycles. The van der Waals surface area contributed by atoms with Gasteiger partial charge in [-0.2, -0.15) is 0 Å². The molecule has 2 heterocycles. The highest BCUT2D eigenvalue weighted by Crippen LogP contribution is 2.21. The van der Waals surface area contributed by atoms with Crippen LogP contribution in [-0.4, -0.2) is 46.5 Å². The summed E-state index contributed by atoms with van der Waals surface area (Å²) >= 11 is 6.07. The third-order valence-corrected chi connectivity index (χ3v) is 5.58. The number of aromatic amines is 1. The second kappa shape index (κ2) is 7.75. The molecule has 0 saturated carbocycles. The van der Waals surface area contributed by atoms with Gasteiger partial charge in [-0.25, -0.2) is 9.36 Å². The van der Waals surface area contributed by atoms with E-state index in [4.69, 9.17) is 11.6 Å². The van der Waals surface area contributed by atoms with Gasteiger partial charge in [0.2, 0.25) is 5.91 Å². The maximum atomic E-state index is 13.0. The molecule has 1 fully saturated rings. The average Bonchev–Trinajstić information content (AvgIpc) is 2.73. The molecule has 8 heteroatoms. The monoisotopic (exact) mass is 412 g/mol. The first-order valence-electron chi connectivity index (χ1n) is 9.48. The lowest BCUT2D eigenvalue weighted by Gasteiger charge is -2.37. The molecule has 0 spiro atoms. The molecule has 2 aromatic carbocycles. The van der Waals surface area contributed by atoms with Crippen molar-refractivity contribution in [2.24, 2.45) is 0 Å². The molecule has 1 aliphatic rings. The number of anilines is 1. The lowest BCUT2D eigenvalue weighted by Crippen LogP contribution is -2.52. The van der Waals surface area contributed by atoms with Crippen molar-refractivity contribution in [3.8, 4) is 0 Å². The van der Waals surface area contributed by atoms with Crippen LogP contribution in [0.15, 0.2) is 58.1 Å². The molecule has 29 heavy (non-hydrogen) atoms. The molecule has 1 aromatic heterocycles. The second-order valence-corrected chi connectivity index (χ2v) is 7.56. The van der Waals surface area contributed by atoms with Crippen LogP contribution in [0.25, 0.3) is 10.9 Å². The van der Waals surface area contributed by atoms with E-state index in [9.17, 15) is 14.4 Å². The Labute approximate surface area is 172 Å². The Morgan fingerprint density at radius 3 is 2.48 bits per heavy atom. The fourth-order valence-corrected chi connectivity index (χ4v) is 3.94. The number of piperazine rings is 1. The number of carbonyl (C=O) groups excluding carboxylic acids is 1. The number of rotatable bonds is 3. The number of para-hydroxylation sites is 1. The molecule has 1 aliphatic heterocycles. The van der Waals surface area contributed by atoms with Crippen LogP contribution in [0, 0.1) is 0 Å². The van der Waals surface area contributed by atoms with Crippen molar-refractivity contribution in [3.63, 3.8) is 0 Å². The minimum absolute atomic E-state index is 0.237. The summed E-state index contributed by atoms with van der Waals surface area (Å²) in [5.41, 5.74) is 0.447. The second-order valence-electron chi connectivity index (χ2n) is 7.12. The first-order valence-corrected chi connectivity index (χ1v) is 9.86. The van der Waals surface area contributed by atoms with E-state index < -0.39 is 17.3 Å². The van der Waals surface area contributed by atoms with E-state index in [-0.39, 0.29) is 5.91 Å². The van der Waals surface area contributed by atoms with Crippen LogP contribution in [0.4, 0.5) is 5.69 Å². The number of amides is 1. The van der Waals surface area contributed by atoms with Gasteiger partial charge in [0.1, 0.15) is 6.04 Å². The SMILES string of the molecule is CC(C(=O)N1CCN(c2cccc(Cl)c2)CC1)n1c(=O)[nH]c2ccccc2c1=O. The molecule has 4 rings (SSSR count). The Morgan fingerprint density at radius 1 is 1.03 bits per heavy atom. The Balaban J connectivity index is 1.53. The quantitative estimate of drug-likeness (QED) is 0.715. The van der Waals surface area contributed by atoms with Gasteiger partial charge in [0.25, 0.3) is 5.56 Å². The molecule has 0 aliphatic carbocycles.